The van der Waals surface area contributed by atoms with Crippen molar-refractivity contribution in [3.05, 3.63) is 0 Å². The van der Waals surface area contributed by atoms with E-state index >= 15 is 0 Å². The van der Waals surface area contributed by atoms with Gasteiger partial charge in [-0.05, 0) is 41.0 Å². The molecule has 0 aromatic carbocycles. The summed E-state index contributed by atoms with van der Waals surface area (Å²) in [4.78, 5) is 25.6. The van der Waals surface area contributed by atoms with Crippen molar-refractivity contribution in [2.45, 2.75) is 46.6 Å². The molecule has 1 rings (SSSR count). The third-order valence-corrected chi connectivity index (χ3v) is 3.02. The summed E-state index contributed by atoms with van der Waals surface area (Å²) in [5, 5.41) is 2.93. The Morgan fingerprint density at radius 1 is 1.18 bits per heavy atom. The number of hydrogen-bond acceptors (Lipinski definition) is 2. The number of carbonyl (C=O) groups excluding carboxylic acids is 2. The smallest absolute Gasteiger partial charge is 0.226 e. The third kappa shape index (κ3) is 3.72. The van der Waals surface area contributed by atoms with Crippen LogP contribution in [-0.4, -0.2) is 35.3 Å². The minimum atomic E-state index is -0.220. The van der Waals surface area contributed by atoms with E-state index in [0.29, 0.717) is 6.42 Å². The fourth-order valence-electron chi connectivity index (χ4n) is 1.99. The summed E-state index contributed by atoms with van der Waals surface area (Å²) < 4.78 is 0. The van der Waals surface area contributed by atoms with Gasteiger partial charge in [0, 0.05) is 18.6 Å². The fourth-order valence-corrected chi connectivity index (χ4v) is 1.99. The predicted octanol–water partition coefficient (Wildman–Crippen LogP) is 1.41. The van der Waals surface area contributed by atoms with E-state index in [4.69, 9.17) is 0 Å². The van der Waals surface area contributed by atoms with Crippen LogP contribution in [0.25, 0.3) is 0 Å². The van der Waals surface area contributed by atoms with Gasteiger partial charge in [0.1, 0.15) is 0 Å². The molecule has 0 aromatic rings. The minimum absolute atomic E-state index is 0.0167. The highest BCUT2D eigenvalue weighted by atomic mass is 16.2. The Morgan fingerprint density at radius 3 is 2.12 bits per heavy atom. The van der Waals surface area contributed by atoms with Gasteiger partial charge in [-0.15, -0.1) is 0 Å². The summed E-state index contributed by atoms with van der Waals surface area (Å²) in [6.07, 6.45) is 0.706. The van der Waals surface area contributed by atoms with Crippen LogP contribution in [0.2, 0.25) is 0 Å². The van der Waals surface area contributed by atoms with Crippen LogP contribution in [0.15, 0.2) is 0 Å². The van der Waals surface area contributed by atoms with Gasteiger partial charge in [-0.25, -0.2) is 0 Å². The third-order valence-electron chi connectivity index (χ3n) is 3.02. The second-order valence-electron chi connectivity index (χ2n) is 5.70. The van der Waals surface area contributed by atoms with Gasteiger partial charge < -0.3 is 10.2 Å². The Hall–Kier alpha value is -1.06. The zero-order chi connectivity index (χ0) is 13.2. The van der Waals surface area contributed by atoms with Crippen molar-refractivity contribution in [3.63, 3.8) is 0 Å². The molecule has 98 valence electrons. The number of hydrogen-bond donors (Lipinski definition) is 1. The van der Waals surface area contributed by atoms with Crippen LogP contribution in [0.4, 0.5) is 0 Å². The topological polar surface area (TPSA) is 49.4 Å². The maximum absolute atomic E-state index is 12.0. The molecule has 4 heteroatoms. The normalized spacial score (nSPS) is 23.1. The molecule has 0 aromatic heterocycles. The Balaban J connectivity index is 2.48. The molecule has 1 aliphatic rings. The van der Waals surface area contributed by atoms with Crippen molar-refractivity contribution in [2.75, 3.05) is 13.1 Å². The Labute approximate surface area is 104 Å². The van der Waals surface area contributed by atoms with Gasteiger partial charge in [0.2, 0.25) is 11.8 Å². The summed E-state index contributed by atoms with van der Waals surface area (Å²) in [5.41, 5.74) is -0.220. The highest BCUT2D eigenvalue weighted by Crippen LogP contribution is 2.40. The summed E-state index contributed by atoms with van der Waals surface area (Å²) in [5.74, 6) is -0.0494. The van der Waals surface area contributed by atoms with Crippen LogP contribution in [0.1, 0.15) is 41.0 Å². The maximum Gasteiger partial charge on any atom is 0.226 e. The highest BCUT2D eigenvalue weighted by molar-refractivity contribution is 5.92. The average Bonchev–Trinajstić information content (AvgIpc) is 2.96. The van der Waals surface area contributed by atoms with Gasteiger partial charge in [0.15, 0.2) is 0 Å². The molecule has 1 saturated carbocycles. The van der Waals surface area contributed by atoms with Crippen LogP contribution in [0.3, 0.4) is 0 Å². The number of carbonyl (C=O) groups is 2. The first-order chi connectivity index (χ1) is 7.80. The summed E-state index contributed by atoms with van der Waals surface area (Å²) in [7, 11) is 0. The molecule has 0 aliphatic heterocycles. The zero-order valence-electron chi connectivity index (χ0n) is 11.5. The van der Waals surface area contributed by atoms with E-state index in [1.165, 1.54) is 0 Å². The standard InChI is InChI=1S/C13H24N2O2/c1-6-15(7-2)12(17)10-8-9(10)11(16)14-13(3,4)5/h9-10H,6-8H2,1-5H3,(H,14,16). The molecule has 0 bridgehead atoms. The van der Waals surface area contributed by atoms with E-state index in [0.717, 1.165) is 13.1 Å². The molecular formula is C13H24N2O2. The molecule has 0 radical (unpaired) electrons. The molecule has 0 heterocycles. The molecule has 4 nitrogen and oxygen atoms in total. The molecular weight excluding hydrogens is 216 g/mol. The van der Waals surface area contributed by atoms with Crippen LogP contribution in [0, 0.1) is 11.8 Å². The molecule has 1 aliphatic carbocycles. The van der Waals surface area contributed by atoms with Crippen molar-refractivity contribution >= 4 is 11.8 Å². The van der Waals surface area contributed by atoms with Gasteiger partial charge in [-0.2, -0.15) is 0 Å². The largest absolute Gasteiger partial charge is 0.351 e. The number of rotatable bonds is 4. The summed E-state index contributed by atoms with van der Waals surface area (Å²) in [6, 6.07) is 0. The molecule has 1 fully saturated rings. The van der Waals surface area contributed by atoms with Crippen molar-refractivity contribution in [1.82, 2.24) is 10.2 Å². The molecule has 2 atom stereocenters. The predicted molar refractivity (Wildman–Crippen MR) is 67.4 cm³/mol. The Morgan fingerprint density at radius 2 is 1.71 bits per heavy atom. The monoisotopic (exact) mass is 240 g/mol. The van der Waals surface area contributed by atoms with E-state index in [9.17, 15) is 9.59 Å². The lowest BCUT2D eigenvalue weighted by atomic mass is 10.1. The van der Waals surface area contributed by atoms with E-state index in [1.54, 1.807) is 4.90 Å². The van der Waals surface area contributed by atoms with Crippen LogP contribution in [0.5, 0.6) is 0 Å². The first-order valence-corrected chi connectivity index (χ1v) is 6.41. The second kappa shape index (κ2) is 5.07. The van der Waals surface area contributed by atoms with E-state index < -0.39 is 0 Å². The first-order valence-electron chi connectivity index (χ1n) is 6.41. The molecule has 0 saturated heterocycles. The lowest BCUT2D eigenvalue weighted by molar-refractivity contribution is -0.134. The molecule has 2 unspecified atom stereocenters. The number of nitrogens with zero attached hydrogens (tertiary/aromatic N) is 1. The second-order valence-corrected chi connectivity index (χ2v) is 5.70. The lowest BCUT2D eigenvalue weighted by Gasteiger charge is -2.21. The van der Waals surface area contributed by atoms with Gasteiger partial charge in [0.05, 0.1) is 11.8 Å². The molecule has 2 amide bonds. The Kier molecular flexibility index (Phi) is 4.17. The number of amides is 2. The van der Waals surface area contributed by atoms with Crippen LogP contribution < -0.4 is 5.32 Å². The SMILES string of the molecule is CCN(CC)C(=O)C1CC1C(=O)NC(C)(C)C. The van der Waals surface area contributed by atoms with Gasteiger partial charge in [-0.3, -0.25) is 9.59 Å². The van der Waals surface area contributed by atoms with Crippen LogP contribution >= 0.6 is 0 Å². The van der Waals surface area contributed by atoms with Gasteiger partial charge in [-0.1, -0.05) is 0 Å². The van der Waals surface area contributed by atoms with E-state index in [2.05, 4.69) is 5.32 Å². The molecule has 0 spiro atoms. The van der Waals surface area contributed by atoms with Crippen molar-refractivity contribution in [1.29, 1.82) is 0 Å². The average molecular weight is 240 g/mol. The van der Waals surface area contributed by atoms with Gasteiger partial charge in [0.25, 0.3) is 0 Å². The molecule has 1 N–H and O–H groups in total. The minimum Gasteiger partial charge on any atom is -0.351 e. The quantitative estimate of drug-likeness (QED) is 0.807. The fraction of sp³-hybridized carbons (Fsp3) is 0.846. The number of nitrogens with one attached hydrogen (secondary N) is 1. The summed E-state index contributed by atoms with van der Waals surface area (Å²) >= 11 is 0. The molecule has 17 heavy (non-hydrogen) atoms. The van der Waals surface area contributed by atoms with E-state index in [1.807, 2.05) is 34.6 Å². The van der Waals surface area contributed by atoms with Crippen molar-refractivity contribution in [3.8, 4) is 0 Å². The zero-order valence-corrected chi connectivity index (χ0v) is 11.5. The maximum atomic E-state index is 12.0. The van der Waals surface area contributed by atoms with Crippen molar-refractivity contribution in [2.24, 2.45) is 11.8 Å². The van der Waals surface area contributed by atoms with Crippen molar-refractivity contribution < 1.29 is 9.59 Å². The lowest BCUT2D eigenvalue weighted by Crippen LogP contribution is -2.42. The van der Waals surface area contributed by atoms with Crippen LogP contribution in [-0.2, 0) is 9.59 Å². The van der Waals surface area contributed by atoms with Gasteiger partial charge >= 0.3 is 0 Å². The first kappa shape index (κ1) is 14.0. The highest BCUT2D eigenvalue weighted by Gasteiger charge is 2.49. The Bertz CT molecular complexity index is 303. The van der Waals surface area contributed by atoms with E-state index in [-0.39, 0.29) is 29.2 Å². The summed E-state index contributed by atoms with van der Waals surface area (Å²) in [6.45, 7) is 11.2.